The lowest BCUT2D eigenvalue weighted by Crippen LogP contribution is -2.27. The summed E-state index contributed by atoms with van der Waals surface area (Å²) < 4.78 is 122. The standard InChI is InChI=1S/C15H31NO2S2.C8H16O2S2.C5H13NO.2C2H3F3O3S/c1-4-11-18-12-10-16-15(17)8-6-5-7-14(20-3)9-13-19-2;9-8(10)4-2-1-3-7(12)5-6-11;1-2-4-7-5-3-6;2*1-8-9(6,7)2(3,4)5/h14H,4-13H2,1-3H3,(H,16,17);7,11-12H,1-6H2,(H,9,10);2-6H2,1H3;2*1H3. The van der Waals surface area contributed by atoms with Crippen LogP contribution in [0.1, 0.15) is 90.9 Å². The summed E-state index contributed by atoms with van der Waals surface area (Å²) in [4.78, 5) is 21.7. The Balaban J connectivity index is -0.000000210. The van der Waals surface area contributed by atoms with Gasteiger partial charge in [0.1, 0.15) is 0 Å². The zero-order valence-electron chi connectivity index (χ0n) is 33.7. The maximum Gasteiger partial charge on any atom is 0.523 e. The van der Waals surface area contributed by atoms with E-state index in [2.05, 4.69) is 65.3 Å². The summed E-state index contributed by atoms with van der Waals surface area (Å²) in [5.41, 5.74) is -5.46. The Hall–Kier alpha value is -0.380. The molecule has 0 saturated heterocycles. The molecule has 0 saturated carbocycles. The Morgan fingerprint density at radius 1 is 0.772 bits per heavy atom. The van der Waals surface area contributed by atoms with Crippen LogP contribution >= 0.6 is 48.8 Å². The number of amides is 1. The second kappa shape index (κ2) is 42.3. The zero-order valence-corrected chi connectivity index (χ0v) is 38.8. The molecule has 0 fully saturated rings. The minimum Gasteiger partial charge on any atom is -0.481 e. The van der Waals surface area contributed by atoms with Gasteiger partial charge in [0, 0.05) is 49.6 Å². The van der Waals surface area contributed by atoms with E-state index in [-0.39, 0.29) is 12.3 Å². The van der Waals surface area contributed by atoms with Gasteiger partial charge in [-0.2, -0.15) is 92.0 Å². The molecule has 0 aliphatic rings. The van der Waals surface area contributed by atoms with E-state index >= 15 is 0 Å². The molecule has 0 aromatic rings. The lowest BCUT2D eigenvalue weighted by atomic mass is 10.1. The molecule has 1 amide bonds. The number of nitrogens with one attached hydrogen (secondary N) is 1. The number of alkyl halides is 6. The summed E-state index contributed by atoms with van der Waals surface area (Å²) in [6, 6.07) is 0. The van der Waals surface area contributed by atoms with Gasteiger partial charge in [-0.25, -0.2) is 0 Å². The predicted octanol–water partition coefficient (Wildman–Crippen LogP) is 7.16. The summed E-state index contributed by atoms with van der Waals surface area (Å²) >= 11 is 12.3. The van der Waals surface area contributed by atoms with Crippen LogP contribution in [0.2, 0.25) is 0 Å². The third-order valence-corrected chi connectivity index (χ3v) is 10.9. The van der Waals surface area contributed by atoms with E-state index in [1.54, 1.807) is 0 Å². The van der Waals surface area contributed by atoms with Crippen LogP contribution in [0.4, 0.5) is 26.3 Å². The SMILES string of the molecule is CCCOCCN.CCCOCCNC(=O)CCCCC(CCSC)SC.COS(=O)(=O)C(F)(F)F.COS(=O)(=O)C(F)(F)F.O=C(O)CCCCC(S)CCS. The minimum atomic E-state index is -5.34. The molecule has 0 heterocycles. The number of carbonyl (C=O) groups excluding carboxylic acids is 1. The molecule has 57 heavy (non-hydrogen) atoms. The third-order valence-electron chi connectivity index (χ3n) is 6.33. The Bertz CT molecular complexity index is 1100. The van der Waals surface area contributed by atoms with Gasteiger partial charge in [-0.15, -0.1) is 0 Å². The monoisotopic (exact) mass is 960 g/mol. The van der Waals surface area contributed by atoms with Gasteiger partial charge < -0.3 is 25.6 Å². The van der Waals surface area contributed by atoms with Crippen LogP contribution in [0.25, 0.3) is 0 Å². The van der Waals surface area contributed by atoms with Crippen LogP contribution in [-0.2, 0) is 47.7 Å². The number of thiol groups is 2. The number of halogens is 6. The fourth-order valence-electron chi connectivity index (χ4n) is 3.35. The normalized spacial score (nSPS) is 12.5. The molecule has 0 aromatic heterocycles. The minimum absolute atomic E-state index is 0.162. The van der Waals surface area contributed by atoms with Crippen molar-refractivity contribution in [1.82, 2.24) is 5.32 Å². The van der Waals surface area contributed by atoms with E-state index in [1.807, 2.05) is 23.5 Å². The van der Waals surface area contributed by atoms with Crippen LogP contribution < -0.4 is 11.1 Å². The number of carboxylic acid groups (broad SMARTS) is 1. The van der Waals surface area contributed by atoms with Crippen LogP contribution in [0.15, 0.2) is 0 Å². The number of thioether (sulfide) groups is 2. The van der Waals surface area contributed by atoms with Crippen molar-refractivity contribution in [2.45, 2.75) is 112 Å². The van der Waals surface area contributed by atoms with E-state index < -0.39 is 37.2 Å². The highest BCUT2D eigenvalue weighted by Gasteiger charge is 2.47. The van der Waals surface area contributed by atoms with Gasteiger partial charge in [0.05, 0.1) is 27.4 Å². The molecule has 2 atom stereocenters. The number of rotatable bonds is 27. The first-order chi connectivity index (χ1) is 26.4. The number of hydrogen-bond donors (Lipinski definition) is 5. The number of aliphatic carboxylic acids is 1. The molecule has 0 aromatic carbocycles. The van der Waals surface area contributed by atoms with Crippen molar-refractivity contribution < 1.29 is 75.7 Å². The second-order valence-corrected chi connectivity index (χ2v) is 17.9. The van der Waals surface area contributed by atoms with Gasteiger partial charge in [0.25, 0.3) is 0 Å². The number of hydrogen-bond acceptors (Lipinski definition) is 15. The van der Waals surface area contributed by atoms with Crippen molar-refractivity contribution in [3.05, 3.63) is 0 Å². The highest BCUT2D eigenvalue weighted by Crippen LogP contribution is 2.24. The van der Waals surface area contributed by atoms with Gasteiger partial charge in [0.2, 0.25) is 5.91 Å². The fourth-order valence-corrected chi connectivity index (χ4v) is 5.98. The Morgan fingerprint density at radius 2 is 1.25 bits per heavy atom. The van der Waals surface area contributed by atoms with Crippen molar-refractivity contribution >= 4 is 80.9 Å². The summed E-state index contributed by atoms with van der Waals surface area (Å²) in [5.74, 6) is 1.55. The van der Waals surface area contributed by atoms with E-state index in [4.69, 9.17) is 20.3 Å². The van der Waals surface area contributed by atoms with Gasteiger partial charge in [-0.05, 0) is 75.4 Å². The number of ether oxygens (including phenoxy) is 2. The molecule has 4 N–H and O–H groups in total. The number of carboxylic acids is 1. The Labute approximate surface area is 356 Å². The number of unbranched alkanes of at least 4 members (excludes halogenated alkanes) is 2. The molecule has 13 nitrogen and oxygen atoms in total. The van der Waals surface area contributed by atoms with Gasteiger partial charge in [0.15, 0.2) is 0 Å². The quantitative estimate of drug-likeness (QED) is 0.0183. The molecule has 0 rings (SSSR count). The lowest BCUT2D eigenvalue weighted by molar-refractivity contribution is -0.137. The summed E-state index contributed by atoms with van der Waals surface area (Å²) in [6.45, 7) is 8.39. The van der Waals surface area contributed by atoms with Gasteiger partial charge >= 0.3 is 37.2 Å². The van der Waals surface area contributed by atoms with Crippen LogP contribution in [0.5, 0.6) is 0 Å². The lowest BCUT2D eigenvalue weighted by Gasteiger charge is -2.13. The second-order valence-electron chi connectivity index (χ2n) is 11.2. The average molecular weight is 961 g/mol. The number of carbonyl (C=O) groups is 2. The molecule has 0 radical (unpaired) electrons. The molecule has 0 spiro atoms. The van der Waals surface area contributed by atoms with Crippen LogP contribution in [-0.4, -0.2) is 133 Å². The molecule has 2 unspecified atom stereocenters. The predicted molar refractivity (Wildman–Crippen MR) is 224 cm³/mol. The molecule has 348 valence electrons. The summed E-state index contributed by atoms with van der Waals surface area (Å²) in [7, 11) is -9.78. The van der Waals surface area contributed by atoms with Gasteiger partial charge in [-0.1, -0.05) is 26.7 Å². The maximum absolute atomic E-state index is 11.6. The molecule has 0 bridgehead atoms. The van der Waals surface area contributed by atoms with Gasteiger partial charge in [-0.3, -0.25) is 18.0 Å². The zero-order chi connectivity index (χ0) is 45.4. The molecule has 0 aliphatic carbocycles. The Morgan fingerprint density at radius 3 is 1.61 bits per heavy atom. The first kappa shape index (κ1) is 65.7. The van der Waals surface area contributed by atoms with E-state index in [9.17, 15) is 52.8 Å². The first-order valence-electron chi connectivity index (χ1n) is 17.8. The van der Waals surface area contributed by atoms with E-state index in [0.717, 1.165) is 75.6 Å². The van der Waals surface area contributed by atoms with Crippen LogP contribution in [0, 0.1) is 0 Å². The third kappa shape index (κ3) is 48.2. The van der Waals surface area contributed by atoms with Crippen molar-refractivity contribution in [2.75, 3.05) is 77.8 Å². The Kier molecular flexibility index (Phi) is 48.8. The van der Waals surface area contributed by atoms with E-state index in [1.165, 1.54) is 18.6 Å². The summed E-state index contributed by atoms with van der Waals surface area (Å²) in [6.07, 6.45) is 15.8. The summed E-state index contributed by atoms with van der Waals surface area (Å²) in [5, 5.41) is 12.4. The maximum atomic E-state index is 11.6. The smallest absolute Gasteiger partial charge is 0.481 e. The molecule has 25 heteroatoms. The topological polar surface area (TPSA) is 198 Å². The molecular formula is C32H66F6N2O11S6. The van der Waals surface area contributed by atoms with Crippen molar-refractivity contribution in [3.8, 4) is 0 Å². The van der Waals surface area contributed by atoms with E-state index in [0.29, 0.717) is 52.2 Å². The molecular weight excluding hydrogens is 895 g/mol. The highest BCUT2D eigenvalue weighted by molar-refractivity contribution is 7.99. The molecule has 0 aliphatic heterocycles. The first-order valence-corrected chi connectivity index (χ1v) is 24.5. The fraction of sp³-hybridized carbons (Fsp3) is 0.938. The average Bonchev–Trinajstić information content (AvgIpc) is 3.13. The highest BCUT2D eigenvalue weighted by atomic mass is 32.2. The van der Waals surface area contributed by atoms with Crippen molar-refractivity contribution in [3.63, 3.8) is 0 Å². The van der Waals surface area contributed by atoms with Crippen LogP contribution in [0.3, 0.4) is 0 Å². The van der Waals surface area contributed by atoms with Crippen molar-refractivity contribution in [2.24, 2.45) is 5.73 Å². The van der Waals surface area contributed by atoms with Crippen molar-refractivity contribution in [1.29, 1.82) is 0 Å². The largest absolute Gasteiger partial charge is 0.523 e. The number of nitrogens with two attached hydrogens (primary N) is 1.